The summed E-state index contributed by atoms with van der Waals surface area (Å²) in [5, 5.41) is 3.72. The average molecular weight is 704 g/mol. The minimum Gasteiger partial charge on any atom is -0.497 e. The normalized spacial score (nSPS) is 13.8. The molecule has 0 radical (unpaired) electrons. The van der Waals surface area contributed by atoms with Crippen molar-refractivity contribution in [2.75, 3.05) is 25.1 Å². The Hall–Kier alpha value is -4.54. The number of amides is 2. The molecule has 1 aliphatic carbocycles. The van der Waals surface area contributed by atoms with Gasteiger partial charge in [0, 0.05) is 30.1 Å². The van der Waals surface area contributed by atoms with Crippen LogP contribution in [0, 0.1) is 6.92 Å². The van der Waals surface area contributed by atoms with Gasteiger partial charge >= 0.3 is 0 Å². The molecule has 0 spiro atoms. The van der Waals surface area contributed by atoms with Crippen LogP contribution in [0.25, 0.3) is 0 Å². The van der Waals surface area contributed by atoms with Crippen molar-refractivity contribution in [1.82, 2.24) is 10.2 Å². The summed E-state index contributed by atoms with van der Waals surface area (Å²) < 4.78 is 41.0. The van der Waals surface area contributed by atoms with Gasteiger partial charge in [0.05, 0.1) is 24.8 Å². The SMILES string of the molecule is COc1ccc(OC)c(N(CC(=O)N(Cc2ccc(Cl)cc2)[C@H](Cc2ccccc2)C(=O)NC2CCCC2)S(=O)(=O)c2ccc(C)cc2)c1. The van der Waals surface area contributed by atoms with E-state index < -0.39 is 28.5 Å². The fourth-order valence-corrected chi connectivity index (χ4v) is 7.59. The number of rotatable bonds is 14. The van der Waals surface area contributed by atoms with E-state index in [1.807, 2.05) is 37.3 Å². The highest BCUT2D eigenvalue weighted by Crippen LogP contribution is 2.36. The zero-order valence-electron chi connectivity index (χ0n) is 28.0. The minimum atomic E-state index is -4.33. The second-order valence-electron chi connectivity index (χ2n) is 12.2. The van der Waals surface area contributed by atoms with Crippen LogP contribution < -0.4 is 19.1 Å². The highest BCUT2D eigenvalue weighted by Gasteiger charge is 2.36. The van der Waals surface area contributed by atoms with E-state index in [1.54, 1.807) is 48.5 Å². The number of nitrogens with zero attached hydrogens (tertiary/aromatic N) is 2. The summed E-state index contributed by atoms with van der Waals surface area (Å²) in [6.45, 7) is 1.29. The van der Waals surface area contributed by atoms with E-state index in [1.165, 1.54) is 37.3 Å². The van der Waals surface area contributed by atoms with Crippen molar-refractivity contribution in [2.45, 2.75) is 62.6 Å². The molecule has 49 heavy (non-hydrogen) atoms. The number of aryl methyl sites for hydroxylation is 1. The van der Waals surface area contributed by atoms with E-state index >= 15 is 0 Å². The molecule has 0 aliphatic heterocycles. The largest absolute Gasteiger partial charge is 0.497 e. The van der Waals surface area contributed by atoms with E-state index in [-0.39, 0.29) is 41.2 Å². The lowest BCUT2D eigenvalue weighted by atomic mass is 10.0. The predicted molar refractivity (Wildman–Crippen MR) is 192 cm³/mol. The number of nitrogens with one attached hydrogen (secondary N) is 1. The minimum absolute atomic E-state index is 0.000152. The Morgan fingerprint density at radius 1 is 0.878 bits per heavy atom. The third kappa shape index (κ3) is 8.93. The molecule has 0 bridgehead atoms. The van der Waals surface area contributed by atoms with Crippen LogP contribution in [0.3, 0.4) is 0 Å². The van der Waals surface area contributed by atoms with Gasteiger partial charge in [0.15, 0.2) is 0 Å². The second-order valence-corrected chi connectivity index (χ2v) is 14.5. The van der Waals surface area contributed by atoms with Crippen LogP contribution >= 0.6 is 11.6 Å². The Balaban J connectivity index is 1.61. The van der Waals surface area contributed by atoms with E-state index in [9.17, 15) is 18.0 Å². The first-order valence-electron chi connectivity index (χ1n) is 16.3. The topological polar surface area (TPSA) is 105 Å². The molecule has 5 rings (SSSR count). The Morgan fingerprint density at radius 3 is 2.18 bits per heavy atom. The van der Waals surface area contributed by atoms with Crippen molar-refractivity contribution in [3.05, 3.63) is 119 Å². The van der Waals surface area contributed by atoms with E-state index in [4.69, 9.17) is 21.1 Å². The fraction of sp³-hybridized carbons (Fsp3) is 0.316. The lowest BCUT2D eigenvalue weighted by Gasteiger charge is -2.34. The molecule has 0 heterocycles. The Labute approximate surface area is 293 Å². The summed E-state index contributed by atoms with van der Waals surface area (Å²) in [5.74, 6) is -0.250. The first-order chi connectivity index (χ1) is 23.6. The Bertz CT molecular complexity index is 1830. The van der Waals surface area contributed by atoms with Gasteiger partial charge in [-0.25, -0.2) is 8.42 Å². The zero-order valence-corrected chi connectivity index (χ0v) is 29.5. The van der Waals surface area contributed by atoms with Gasteiger partial charge in [0.2, 0.25) is 11.8 Å². The predicted octanol–water partition coefficient (Wildman–Crippen LogP) is 6.56. The summed E-state index contributed by atoms with van der Waals surface area (Å²) in [7, 11) is -1.42. The molecular formula is C38H42ClN3O6S. The van der Waals surface area contributed by atoms with Gasteiger partial charge in [0.25, 0.3) is 10.0 Å². The van der Waals surface area contributed by atoms with E-state index in [0.29, 0.717) is 10.8 Å². The number of hydrogen-bond donors (Lipinski definition) is 1. The lowest BCUT2D eigenvalue weighted by molar-refractivity contribution is -0.140. The third-order valence-electron chi connectivity index (χ3n) is 8.78. The first kappa shape index (κ1) is 35.8. The zero-order chi connectivity index (χ0) is 35.0. The van der Waals surface area contributed by atoms with Crippen LogP contribution in [0.5, 0.6) is 11.5 Å². The average Bonchev–Trinajstić information content (AvgIpc) is 3.62. The molecule has 2 amide bonds. The maximum atomic E-state index is 14.8. The molecule has 4 aromatic rings. The number of anilines is 1. The number of halogens is 1. The maximum Gasteiger partial charge on any atom is 0.264 e. The number of ether oxygens (including phenoxy) is 2. The molecular weight excluding hydrogens is 662 g/mol. The Kier molecular flexibility index (Phi) is 11.9. The van der Waals surface area contributed by atoms with Crippen molar-refractivity contribution >= 4 is 39.1 Å². The van der Waals surface area contributed by atoms with Crippen LogP contribution in [0.4, 0.5) is 5.69 Å². The molecule has 0 unspecified atom stereocenters. The van der Waals surface area contributed by atoms with Gasteiger partial charge in [-0.05, 0) is 67.3 Å². The molecule has 1 N–H and O–H groups in total. The number of benzene rings is 4. The van der Waals surface area contributed by atoms with Crippen LogP contribution in [0.1, 0.15) is 42.4 Å². The van der Waals surface area contributed by atoms with Crippen LogP contribution in [-0.4, -0.2) is 58.0 Å². The molecule has 4 aromatic carbocycles. The van der Waals surface area contributed by atoms with Gasteiger partial charge < -0.3 is 19.7 Å². The highest BCUT2D eigenvalue weighted by atomic mass is 35.5. The van der Waals surface area contributed by atoms with E-state index in [0.717, 1.165) is 46.7 Å². The highest BCUT2D eigenvalue weighted by molar-refractivity contribution is 7.92. The second kappa shape index (κ2) is 16.2. The van der Waals surface area contributed by atoms with E-state index in [2.05, 4.69) is 5.32 Å². The molecule has 0 saturated heterocycles. The molecule has 1 saturated carbocycles. The molecule has 258 valence electrons. The number of hydrogen-bond acceptors (Lipinski definition) is 6. The van der Waals surface area contributed by atoms with Gasteiger partial charge in [-0.3, -0.25) is 13.9 Å². The van der Waals surface area contributed by atoms with Crippen molar-refractivity contribution in [1.29, 1.82) is 0 Å². The lowest BCUT2D eigenvalue weighted by Crippen LogP contribution is -2.54. The van der Waals surface area contributed by atoms with Gasteiger partial charge in [-0.15, -0.1) is 0 Å². The molecule has 1 aliphatic rings. The van der Waals surface area contributed by atoms with Crippen LogP contribution in [0.15, 0.2) is 102 Å². The fourth-order valence-electron chi connectivity index (χ4n) is 6.05. The van der Waals surface area contributed by atoms with Crippen LogP contribution in [0.2, 0.25) is 5.02 Å². The molecule has 11 heteroatoms. The number of sulfonamides is 1. The molecule has 1 atom stereocenters. The third-order valence-corrected chi connectivity index (χ3v) is 10.8. The number of carbonyl (C=O) groups is 2. The molecule has 9 nitrogen and oxygen atoms in total. The van der Waals surface area contributed by atoms with Crippen LogP contribution in [-0.2, 0) is 32.6 Å². The molecule has 1 fully saturated rings. The van der Waals surface area contributed by atoms with Crippen molar-refractivity contribution < 1.29 is 27.5 Å². The monoisotopic (exact) mass is 703 g/mol. The molecule has 0 aromatic heterocycles. The Morgan fingerprint density at radius 2 is 1.55 bits per heavy atom. The quantitative estimate of drug-likeness (QED) is 0.160. The number of methoxy groups -OCH3 is 2. The summed E-state index contributed by atoms with van der Waals surface area (Å²) in [4.78, 5) is 30.5. The van der Waals surface area contributed by atoms with Gasteiger partial charge in [-0.2, -0.15) is 0 Å². The maximum absolute atomic E-state index is 14.8. The summed E-state index contributed by atoms with van der Waals surface area (Å²) in [6.07, 6.45) is 4.01. The van der Waals surface area contributed by atoms with Crippen molar-refractivity contribution in [3.8, 4) is 11.5 Å². The van der Waals surface area contributed by atoms with Gasteiger partial charge in [-0.1, -0.05) is 84.6 Å². The smallest absolute Gasteiger partial charge is 0.264 e. The first-order valence-corrected chi connectivity index (χ1v) is 18.1. The summed E-state index contributed by atoms with van der Waals surface area (Å²) in [5.41, 5.74) is 2.60. The van der Waals surface area contributed by atoms with Crippen molar-refractivity contribution in [2.24, 2.45) is 0 Å². The number of carbonyl (C=O) groups excluding carboxylic acids is 2. The standard InChI is InChI=1S/C38H42ClN3O6S/c1-27-13-20-33(21-14-27)49(45,46)42(34-24-32(47-2)19-22-36(34)48-3)26-37(43)41(25-29-15-17-30(39)18-16-29)35(23-28-9-5-4-6-10-28)38(44)40-31-11-7-8-12-31/h4-6,9-10,13-22,24,31,35H,7-8,11-12,23,25-26H2,1-3H3,(H,40,44)/t35-/m1/s1. The van der Waals surface area contributed by atoms with Crippen molar-refractivity contribution in [3.63, 3.8) is 0 Å². The summed E-state index contributed by atoms with van der Waals surface area (Å²) >= 11 is 6.19. The summed E-state index contributed by atoms with van der Waals surface area (Å²) in [6, 6.07) is 26.8. The van der Waals surface area contributed by atoms with Gasteiger partial charge in [0.1, 0.15) is 24.1 Å².